The Morgan fingerprint density at radius 1 is 1.17 bits per heavy atom. The zero-order valence-electron chi connectivity index (χ0n) is 21.3. The van der Waals surface area contributed by atoms with Crippen LogP contribution >= 0.6 is 0 Å². The van der Waals surface area contributed by atoms with Crippen molar-refractivity contribution >= 4 is 22.7 Å². The van der Waals surface area contributed by atoms with Crippen LogP contribution in [0.15, 0.2) is 35.9 Å². The molecule has 36 heavy (non-hydrogen) atoms. The Kier molecular flexibility index (Phi) is 4.21. The van der Waals surface area contributed by atoms with Crippen molar-refractivity contribution in [2.45, 2.75) is 88.3 Å². The molecule has 2 N–H and O–H groups in total. The van der Waals surface area contributed by atoms with Gasteiger partial charge in [-0.05, 0) is 56.2 Å². The first-order valence-electron chi connectivity index (χ1n) is 13.1. The number of ether oxygens (including phenoxy) is 3. The van der Waals surface area contributed by atoms with Gasteiger partial charge in [-0.2, -0.15) is 0 Å². The summed E-state index contributed by atoms with van der Waals surface area (Å²) in [5.74, 6) is -1.55. The lowest BCUT2D eigenvalue weighted by Gasteiger charge is -2.67. The molecule has 3 aliphatic carbocycles. The lowest BCUT2D eigenvalue weighted by atomic mass is 9.42. The van der Waals surface area contributed by atoms with E-state index in [-0.39, 0.29) is 17.8 Å². The number of aliphatic hydroxyl groups is 1. The summed E-state index contributed by atoms with van der Waals surface area (Å²) >= 11 is 0. The van der Waals surface area contributed by atoms with Gasteiger partial charge in [0.2, 0.25) is 0 Å². The molecule has 2 aromatic rings. The van der Waals surface area contributed by atoms with Gasteiger partial charge in [-0.15, -0.1) is 0 Å². The number of ketones is 1. The number of rotatable bonds is 1. The molecule has 1 spiro atoms. The molecule has 2 bridgehead atoms. The van der Waals surface area contributed by atoms with E-state index in [4.69, 9.17) is 14.2 Å². The van der Waals surface area contributed by atoms with Gasteiger partial charge >= 0.3 is 5.97 Å². The minimum absolute atomic E-state index is 0.0409. The van der Waals surface area contributed by atoms with Crippen LogP contribution in [-0.4, -0.2) is 51.5 Å². The molecule has 7 heteroatoms. The van der Waals surface area contributed by atoms with Crippen molar-refractivity contribution in [1.29, 1.82) is 0 Å². The summed E-state index contributed by atoms with van der Waals surface area (Å²) in [5, 5.41) is 13.9. The number of para-hydroxylation sites is 1. The molecule has 2 saturated carbocycles. The molecule has 1 aromatic heterocycles. The van der Waals surface area contributed by atoms with Crippen molar-refractivity contribution in [1.82, 2.24) is 4.98 Å². The Hall–Kier alpha value is -2.48. The molecule has 0 amide bonds. The summed E-state index contributed by atoms with van der Waals surface area (Å²) in [6.45, 7) is 7.52. The topological polar surface area (TPSA) is 97.9 Å². The predicted molar refractivity (Wildman–Crippen MR) is 131 cm³/mol. The second-order valence-corrected chi connectivity index (χ2v) is 12.3. The van der Waals surface area contributed by atoms with Gasteiger partial charge in [0.1, 0.15) is 0 Å². The van der Waals surface area contributed by atoms with Gasteiger partial charge in [0, 0.05) is 46.3 Å². The number of benzene rings is 1. The monoisotopic (exact) mass is 491 g/mol. The Balaban J connectivity index is 1.36. The molecule has 7 rings (SSSR count). The largest absolute Gasteiger partial charge is 0.454 e. The average Bonchev–Trinajstić information content (AvgIpc) is 3.34. The minimum atomic E-state index is -1.27. The normalized spacial score (nSPS) is 44.8. The van der Waals surface area contributed by atoms with Crippen molar-refractivity contribution in [3.8, 4) is 0 Å². The number of hydrogen-bond acceptors (Lipinski definition) is 6. The molecule has 5 aliphatic rings. The van der Waals surface area contributed by atoms with Crippen molar-refractivity contribution in [3.05, 3.63) is 47.2 Å². The number of nitrogens with one attached hydrogen (secondary N) is 1. The number of esters is 1. The van der Waals surface area contributed by atoms with Crippen LogP contribution in [0.3, 0.4) is 0 Å². The van der Waals surface area contributed by atoms with E-state index in [1.165, 1.54) is 23.6 Å². The van der Waals surface area contributed by atoms with Gasteiger partial charge in [0.05, 0.1) is 12.2 Å². The quantitative estimate of drug-likeness (QED) is 0.588. The first-order valence-corrected chi connectivity index (χ1v) is 13.1. The van der Waals surface area contributed by atoms with Crippen LogP contribution in [0.4, 0.5) is 0 Å². The summed E-state index contributed by atoms with van der Waals surface area (Å²) in [6.07, 6.45) is 4.17. The molecule has 0 unspecified atom stereocenters. The van der Waals surface area contributed by atoms with E-state index in [0.29, 0.717) is 30.8 Å². The molecule has 7 atom stereocenters. The van der Waals surface area contributed by atoms with Crippen LogP contribution in [0.25, 0.3) is 10.9 Å². The highest BCUT2D eigenvalue weighted by Crippen LogP contribution is 2.71. The second-order valence-electron chi connectivity index (χ2n) is 12.3. The second kappa shape index (κ2) is 6.69. The van der Waals surface area contributed by atoms with Crippen LogP contribution in [0, 0.1) is 11.3 Å². The average molecular weight is 492 g/mol. The lowest BCUT2D eigenvalue weighted by molar-refractivity contribution is -0.350. The van der Waals surface area contributed by atoms with Crippen molar-refractivity contribution in [3.63, 3.8) is 0 Å². The Morgan fingerprint density at radius 2 is 1.94 bits per heavy atom. The van der Waals surface area contributed by atoms with E-state index in [0.717, 1.165) is 18.4 Å². The first-order chi connectivity index (χ1) is 17.0. The Morgan fingerprint density at radius 3 is 2.72 bits per heavy atom. The summed E-state index contributed by atoms with van der Waals surface area (Å²) in [5.41, 5.74) is 0.933. The van der Waals surface area contributed by atoms with E-state index in [2.05, 4.69) is 37.0 Å². The number of fused-ring (bicyclic) bond motifs is 9. The van der Waals surface area contributed by atoms with Gasteiger partial charge in [-0.1, -0.05) is 32.0 Å². The molecule has 7 nitrogen and oxygen atoms in total. The van der Waals surface area contributed by atoms with Crippen molar-refractivity contribution in [2.24, 2.45) is 11.3 Å². The molecule has 3 heterocycles. The van der Waals surface area contributed by atoms with Crippen LogP contribution in [-0.2, 0) is 35.6 Å². The zero-order valence-corrected chi connectivity index (χ0v) is 21.3. The molecule has 3 fully saturated rings. The first kappa shape index (κ1) is 22.7. The summed E-state index contributed by atoms with van der Waals surface area (Å²) in [7, 11) is 0. The molecular formula is C29H33NO6. The van der Waals surface area contributed by atoms with Crippen LogP contribution < -0.4 is 0 Å². The van der Waals surface area contributed by atoms with Gasteiger partial charge in [-0.3, -0.25) is 9.59 Å². The molecule has 190 valence electrons. The van der Waals surface area contributed by atoms with Gasteiger partial charge in [-0.25, -0.2) is 0 Å². The summed E-state index contributed by atoms with van der Waals surface area (Å²) in [4.78, 5) is 28.9. The maximum absolute atomic E-state index is 13.4. The Labute approximate surface area is 210 Å². The highest BCUT2D eigenvalue weighted by Gasteiger charge is 2.74. The minimum Gasteiger partial charge on any atom is -0.454 e. The maximum Gasteiger partial charge on any atom is 0.303 e. The SMILES string of the molecule is CC(=O)O[C@]1(C)CO[C@@]23CC[C@]4(C)[C@](O)(CC[C@H]5Cc6c([nH]c7ccccc67)[C@]54C)C2=CC(=O)[C@H]1O3. The van der Waals surface area contributed by atoms with Crippen LogP contribution in [0.5, 0.6) is 0 Å². The van der Waals surface area contributed by atoms with Crippen LogP contribution in [0.2, 0.25) is 0 Å². The van der Waals surface area contributed by atoms with Crippen molar-refractivity contribution in [2.75, 3.05) is 6.61 Å². The van der Waals surface area contributed by atoms with E-state index < -0.39 is 34.5 Å². The van der Waals surface area contributed by atoms with Gasteiger partial charge in [0.15, 0.2) is 23.3 Å². The van der Waals surface area contributed by atoms with E-state index in [9.17, 15) is 14.7 Å². The molecular weight excluding hydrogens is 458 g/mol. The predicted octanol–water partition coefficient (Wildman–Crippen LogP) is 3.87. The smallest absolute Gasteiger partial charge is 0.303 e. The number of H-pyrrole nitrogens is 1. The Bertz CT molecular complexity index is 1380. The van der Waals surface area contributed by atoms with E-state index >= 15 is 0 Å². The van der Waals surface area contributed by atoms with Gasteiger partial charge in [0.25, 0.3) is 0 Å². The fraction of sp³-hybridized carbons (Fsp3) is 0.586. The molecule has 0 radical (unpaired) electrons. The fourth-order valence-electron chi connectivity index (χ4n) is 8.65. The number of carbonyl (C=O) groups is 2. The zero-order chi connectivity index (χ0) is 25.3. The fourth-order valence-corrected chi connectivity index (χ4v) is 8.65. The molecule has 1 aromatic carbocycles. The summed E-state index contributed by atoms with van der Waals surface area (Å²) < 4.78 is 18.2. The highest BCUT2D eigenvalue weighted by molar-refractivity contribution is 5.97. The molecule has 2 aliphatic heterocycles. The highest BCUT2D eigenvalue weighted by atomic mass is 16.7. The lowest BCUT2D eigenvalue weighted by Crippen LogP contribution is -2.74. The van der Waals surface area contributed by atoms with Crippen molar-refractivity contribution < 1.29 is 28.9 Å². The number of aromatic nitrogens is 1. The van der Waals surface area contributed by atoms with Gasteiger partial charge < -0.3 is 24.3 Å². The third-order valence-electron chi connectivity index (χ3n) is 10.7. The number of carbonyl (C=O) groups excluding carboxylic acids is 2. The standard InChI is InChI=1S/C29H33NO6/c1-16(31)35-25(2)15-34-29-12-11-26(3)27(4)17(13-19-18-7-5-6-8-20(18)30-23(19)27)9-10-28(26,33)22(29)14-21(32)24(25)36-29/h5-8,14,17,24,30,33H,9-13,15H2,1-4H3/t17-,24+,25+,26-,27-,28-,29+/m0/s1. The third-order valence-corrected chi connectivity index (χ3v) is 10.7. The number of hydrogen-bond donors (Lipinski definition) is 2. The van der Waals surface area contributed by atoms with E-state index in [1.54, 1.807) is 13.0 Å². The maximum atomic E-state index is 13.4. The number of aromatic amines is 1. The molecule has 1 saturated heterocycles. The third kappa shape index (κ3) is 2.40. The van der Waals surface area contributed by atoms with E-state index in [1.807, 2.05) is 6.07 Å². The van der Waals surface area contributed by atoms with Crippen LogP contribution in [0.1, 0.15) is 64.6 Å². The summed E-state index contributed by atoms with van der Waals surface area (Å²) in [6, 6.07) is 8.43.